The van der Waals surface area contributed by atoms with Crippen LogP contribution in [0.3, 0.4) is 0 Å². The zero-order valence-corrected chi connectivity index (χ0v) is 16.7. The minimum absolute atomic E-state index is 0.0795. The van der Waals surface area contributed by atoms with Gasteiger partial charge in [0.1, 0.15) is 5.69 Å². The first-order chi connectivity index (χ1) is 14.8. The first-order valence-electron chi connectivity index (χ1n) is 10.3. The van der Waals surface area contributed by atoms with E-state index in [0.717, 1.165) is 42.9 Å². The Morgan fingerprint density at radius 2 is 2.03 bits per heavy atom. The summed E-state index contributed by atoms with van der Waals surface area (Å²) in [6.45, 7) is 2.08. The number of aromatic nitrogens is 3. The highest BCUT2D eigenvalue weighted by atomic mass is 16.5. The van der Waals surface area contributed by atoms with E-state index in [4.69, 9.17) is 4.74 Å². The number of fused-ring (bicyclic) bond motifs is 1. The van der Waals surface area contributed by atoms with Gasteiger partial charge in [0.2, 0.25) is 0 Å². The number of pyridine rings is 1. The average molecular weight is 400 g/mol. The maximum absolute atomic E-state index is 12.9. The summed E-state index contributed by atoms with van der Waals surface area (Å²) in [4.78, 5) is 17.5. The first-order valence-corrected chi connectivity index (χ1v) is 10.3. The third-order valence-corrected chi connectivity index (χ3v) is 5.54. The molecule has 1 unspecified atom stereocenters. The Morgan fingerprint density at radius 3 is 2.87 bits per heavy atom. The lowest BCUT2D eigenvalue weighted by molar-refractivity contribution is 0.0859. The highest BCUT2D eigenvalue weighted by molar-refractivity contribution is 6.02. The molecule has 1 fully saturated rings. The monoisotopic (exact) mass is 400 g/mol. The maximum Gasteiger partial charge on any atom is 0.253 e. The third-order valence-electron chi connectivity index (χ3n) is 5.54. The number of hydrogen-bond acceptors (Lipinski definition) is 3. The Labute approximate surface area is 175 Å². The van der Waals surface area contributed by atoms with E-state index in [1.165, 1.54) is 5.56 Å². The Morgan fingerprint density at radius 1 is 1.17 bits per heavy atom. The molecule has 1 aromatic carbocycles. The van der Waals surface area contributed by atoms with Crippen molar-refractivity contribution >= 4 is 11.4 Å². The molecule has 1 saturated heterocycles. The van der Waals surface area contributed by atoms with E-state index in [9.17, 15) is 4.79 Å². The molecular weight excluding hydrogens is 376 g/mol. The van der Waals surface area contributed by atoms with Crippen molar-refractivity contribution in [2.45, 2.75) is 25.5 Å². The number of nitrogens with one attached hydrogen (secondary N) is 1. The van der Waals surface area contributed by atoms with Crippen LogP contribution in [0.15, 0.2) is 73.3 Å². The largest absolute Gasteiger partial charge is 0.376 e. The van der Waals surface area contributed by atoms with Gasteiger partial charge in [-0.25, -0.2) is 4.98 Å². The summed E-state index contributed by atoms with van der Waals surface area (Å²) in [6, 6.07) is 18.1. The molecule has 30 heavy (non-hydrogen) atoms. The number of ether oxygens (including phenoxy) is 1. The number of hydrogen-bond donors (Lipinski definition) is 1. The Bertz CT molecular complexity index is 1160. The molecule has 0 saturated carbocycles. The molecule has 4 heterocycles. The van der Waals surface area contributed by atoms with E-state index in [1.54, 1.807) is 0 Å². The van der Waals surface area contributed by atoms with Crippen molar-refractivity contribution in [1.82, 2.24) is 19.3 Å². The van der Waals surface area contributed by atoms with Crippen molar-refractivity contribution in [2.75, 3.05) is 13.2 Å². The molecule has 1 aliphatic rings. The molecule has 6 heteroatoms. The summed E-state index contributed by atoms with van der Waals surface area (Å²) in [5.41, 5.74) is 4.48. The summed E-state index contributed by atoms with van der Waals surface area (Å²) < 4.78 is 9.70. The highest BCUT2D eigenvalue weighted by Crippen LogP contribution is 2.25. The number of carbonyl (C=O) groups excluding carboxylic acids is 1. The lowest BCUT2D eigenvalue weighted by Gasteiger charge is -2.10. The quantitative estimate of drug-likeness (QED) is 0.536. The van der Waals surface area contributed by atoms with Crippen LogP contribution in [0.25, 0.3) is 16.9 Å². The number of amides is 1. The van der Waals surface area contributed by atoms with E-state index in [1.807, 2.05) is 65.6 Å². The van der Waals surface area contributed by atoms with Gasteiger partial charge in [0.25, 0.3) is 5.91 Å². The topological polar surface area (TPSA) is 60.6 Å². The molecule has 1 amide bonds. The smallest absolute Gasteiger partial charge is 0.253 e. The van der Waals surface area contributed by atoms with Gasteiger partial charge in [0.15, 0.2) is 0 Å². The molecule has 0 bridgehead atoms. The van der Waals surface area contributed by atoms with Gasteiger partial charge < -0.3 is 19.0 Å². The fraction of sp³-hybridized carbons (Fsp3) is 0.250. The van der Waals surface area contributed by atoms with Crippen LogP contribution in [-0.2, 0) is 11.3 Å². The second-order valence-corrected chi connectivity index (χ2v) is 7.66. The standard InChI is InChI=1S/C24H24N4O2/c29-24(25-14-19-9-6-12-30-19)20-13-23(28-11-5-4-10-22(20)28)21-16-27(17-26-21)15-18-7-2-1-3-8-18/h1-5,7-8,10-11,13,16-17,19H,6,9,12,14-15H2,(H,25,29). The van der Waals surface area contributed by atoms with Crippen molar-refractivity contribution in [3.63, 3.8) is 0 Å². The van der Waals surface area contributed by atoms with Crippen molar-refractivity contribution in [3.05, 3.63) is 84.4 Å². The van der Waals surface area contributed by atoms with Crippen LogP contribution in [0.2, 0.25) is 0 Å². The lowest BCUT2D eigenvalue weighted by atomic mass is 10.2. The second-order valence-electron chi connectivity index (χ2n) is 7.66. The van der Waals surface area contributed by atoms with Crippen molar-refractivity contribution in [2.24, 2.45) is 0 Å². The minimum Gasteiger partial charge on any atom is -0.376 e. The molecule has 1 aliphatic heterocycles. The van der Waals surface area contributed by atoms with E-state index in [0.29, 0.717) is 12.1 Å². The van der Waals surface area contributed by atoms with Gasteiger partial charge in [0.05, 0.1) is 29.2 Å². The number of imidazole rings is 1. The van der Waals surface area contributed by atoms with Crippen LogP contribution >= 0.6 is 0 Å². The average Bonchev–Trinajstić information content (AvgIpc) is 3.52. The Hall–Kier alpha value is -3.38. The van der Waals surface area contributed by atoms with Crippen molar-refractivity contribution < 1.29 is 9.53 Å². The van der Waals surface area contributed by atoms with E-state index in [-0.39, 0.29) is 12.0 Å². The molecule has 1 atom stereocenters. The van der Waals surface area contributed by atoms with Crippen molar-refractivity contribution in [3.8, 4) is 11.4 Å². The van der Waals surface area contributed by atoms with E-state index < -0.39 is 0 Å². The molecule has 6 nitrogen and oxygen atoms in total. The Balaban J connectivity index is 1.41. The highest BCUT2D eigenvalue weighted by Gasteiger charge is 2.20. The molecule has 0 spiro atoms. The Kier molecular flexibility index (Phi) is 5.07. The molecule has 1 N–H and O–H groups in total. The second kappa shape index (κ2) is 8.16. The van der Waals surface area contributed by atoms with Crippen LogP contribution < -0.4 is 5.32 Å². The molecule has 4 aromatic rings. The van der Waals surface area contributed by atoms with Gasteiger partial charge in [-0.15, -0.1) is 0 Å². The number of rotatable bonds is 6. The predicted molar refractivity (Wildman–Crippen MR) is 115 cm³/mol. The van der Waals surface area contributed by atoms with Crippen molar-refractivity contribution in [1.29, 1.82) is 0 Å². The molecule has 0 radical (unpaired) electrons. The zero-order chi connectivity index (χ0) is 20.3. The van der Waals surface area contributed by atoms with E-state index >= 15 is 0 Å². The molecule has 152 valence electrons. The minimum atomic E-state index is -0.0795. The van der Waals surface area contributed by atoms with Crippen LogP contribution in [0.5, 0.6) is 0 Å². The summed E-state index contributed by atoms with van der Waals surface area (Å²) in [5.74, 6) is -0.0795. The third kappa shape index (κ3) is 3.74. The number of benzene rings is 1. The van der Waals surface area contributed by atoms with Gasteiger partial charge in [-0.05, 0) is 36.6 Å². The van der Waals surface area contributed by atoms with Gasteiger partial charge in [-0.3, -0.25) is 4.79 Å². The lowest BCUT2D eigenvalue weighted by Crippen LogP contribution is -2.31. The summed E-state index contributed by atoms with van der Waals surface area (Å²) in [6.07, 6.45) is 8.01. The van der Waals surface area contributed by atoms with Gasteiger partial charge in [0, 0.05) is 32.1 Å². The number of carbonyl (C=O) groups is 1. The summed E-state index contributed by atoms with van der Waals surface area (Å²) in [7, 11) is 0. The summed E-state index contributed by atoms with van der Waals surface area (Å²) in [5, 5.41) is 3.03. The van der Waals surface area contributed by atoms with Gasteiger partial charge >= 0.3 is 0 Å². The fourth-order valence-electron chi connectivity index (χ4n) is 4.01. The van der Waals surface area contributed by atoms with Crippen LogP contribution in [0, 0.1) is 0 Å². The maximum atomic E-state index is 12.9. The molecule has 3 aromatic heterocycles. The SMILES string of the molecule is O=C(NCC1CCCO1)c1cc(-c2cn(Cc3ccccc3)cn2)n2ccccc12. The zero-order valence-electron chi connectivity index (χ0n) is 16.7. The fourth-order valence-corrected chi connectivity index (χ4v) is 4.01. The number of nitrogens with zero attached hydrogens (tertiary/aromatic N) is 3. The van der Waals surface area contributed by atoms with E-state index in [2.05, 4.69) is 27.0 Å². The van der Waals surface area contributed by atoms with Gasteiger partial charge in [-0.2, -0.15) is 0 Å². The molecule has 0 aliphatic carbocycles. The van der Waals surface area contributed by atoms with Crippen LogP contribution in [-0.4, -0.2) is 39.1 Å². The summed E-state index contributed by atoms with van der Waals surface area (Å²) >= 11 is 0. The van der Waals surface area contributed by atoms with Gasteiger partial charge in [-0.1, -0.05) is 36.4 Å². The molecule has 5 rings (SSSR count). The van der Waals surface area contributed by atoms with Crippen LogP contribution in [0.1, 0.15) is 28.8 Å². The first kappa shape index (κ1) is 18.6. The molecular formula is C24H24N4O2. The van der Waals surface area contributed by atoms with Crippen LogP contribution in [0.4, 0.5) is 0 Å². The predicted octanol–water partition coefficient (Wildman–Crippen LogP) is 3.76. The normalized spacial score (nSPS) is 16.2.